The summed E-state index contributed by atoms with van der Waals surface area (Å²) in [6.07, 6.45) is 1.36. The van der Waals surface area contributed by atoms with Crippen LogP contribution in [0.1, 0.15) is 11.7 Å². The van der Waals surface area contributed by atoms with Gasteiger partial charge in [-0.15, -0.1) is 0 Å². The summed E-state index contributed by atoms with van der Waals surface area (Å²) in [5.41, 5.74) is 0.911. The highest BCUT2D eigenvalue weighted by Crippen LogP contribution is 2.19. The molecule has 0 amide bonds. The van der Waals surface area contributed by atoms with E-state index in [1.54, 1.807) is 25.6 Å². The van der Waals surface area contributed by atoms with Crippen LogP contribution in [0.15, 0.2) is 36.7 Å². The molecule has 0 saturated carbocycles. The number of ether oxygens (including phenoxy) is 2. The zero-order valence-corrected chi connectivity index (χ0v) is 13.6. The third kappa shape index (κ3) is 4.18. The van der Waals surface area contributed by atoms with Crippen LogP contribution in [-0.4, -0.2) is 49.9 Å². The Balaban J connectivity index is 1.63. The fourth-order valence-electron chi connectivity index (χ4n) is 2.62. The number of methoxy groups -OCH3 is 1. The van der Waals surface area contributed by atoms with Gasteiger partial charge in [0.05, 0.1) is 19.3 Å². The van der Waals surface area contributed by atoms with Crippen LogP contribution in [-0.2, 0) is 9.47 Å². The molecule has 0 bridgehead atoms. The van der Waals surface area contributed by atoms with Crippen molar-refractivity contribution in [3.63, 3.8) is 0 Å². The molecular formula is C17H21FN4O2. The number of aromatic nitrogens is 2. The van der Waals surface area contributed by atoms with Crippen LogP contribution < -0.4 is 10.2 Å². The molecule has 128 valence electrons. The van der Waals surface area contributed by atoms with E-state index >= 15 is 0 Å². The molecule has 1 aromatic carbocycles. The highest BCUT2D eigenvalue weighted by molar-refractivity contribution is 5.48. The van der Waals surface area contributed by atoms with Gasteiger partial charge in [-0.05, 0) is 17.7 Å². The molecule has 2 aromatic rings. The molecule has 6 nitrogen and oxygen atoms in total. The highest BCUT2D eigenvalue weighted by Gasteiger charge is 2.14. The minimum Gasteiger partial charge on any atom is -0.378 e. The Kier molecular flexibility index (Phi) is 5.55. The minimum absolute atomic E-state index is 0.188. The van der Waals surface area contributed by atoms with Gasteiger partial charge in [-0.3, -0.25) is 0 Å². The van der Waals surface area contributed by atoms with E-state index in [0.717, 1.165) is 30.3 Å². The number of nitrogens with one attached hydrogen (secondary N) is 1. The second kappa shape index (κ2) is 8.03. The average Bonchev–Trinajstić information content (AvgIpc) is 2.64. The quantitative estimate of drug-likeness (QED) is 0.875. The maximum Gasteiger partial charge on any atom is 0.134 e. The van der Waals surface area contributed by atoms with Crippen molar-refractivity contribution in [2.45, 2.75) is 6.10 Å². The lowest BCUT2D eigenvalue weighted by Crippen LogP contribution is -2.36. The molecule has 1 unspecified atom stereocenters. The first-order valence-corrected chi connectivity index (χ1v) is 7.93. The lowest BCUT2D eigenvalue weighted by atomic mass is 10.1. The molecule has 2 heterocycles. The molecule has 1 fully saturated rings. The number of morpholine rings is 1. The predicted octanol–water partition coefficient (Wildman–Crippen LogP) is 2.25. The minimum atomic E-state index is -0.257. The summed E-state index contributed by atoms with van der Waals surface area (Å²) in [4.78, 5) is 10.7. The van der Waals surface area contributed by atoms with E-state index < -0.39 is 0 Å². The number of halogens is 1. The van der Waals surface area contributed by atoms with Crippen molar-refractivity contribution < 1.29 is 13.9 Å². The Bertz CT molecular complexity index is 647. The lowest BCUT2D eigenvalue weighted by Gasteiger charge is -2.27. The molecule has 3 rings (SSSR count). The zero-order valence-electron chi connectivity index (χ0n) is 13.6. The number of hydrogen-bond donors (Lipinski definition) is 1. The molecule has 7 heteroatoms. The van der Waals surface area contributed by atoms with E-state index in [0.29, 0.717) is 19.8 Å². The average molecular weight is 332 g/mol. The number of nitrogens with zero attached hydrogens (tertiary/aromatic N) is 3. The Morgan fingerprint density at radius 2 is 2.00 bits per heavy atom. The van der Waals surface area contributed by atoms with Gasteiger partial charge in [-0.25, -0.2) is 14.4 Å². The van der Waals surface area contributed by atoms with E-state index in [2.05, 4.69) is 20.2 Å². The van der Waals surface area contributed by atoms with Crippen LogP contribution in [0.5, 0.6) is 0 Å². The molecule has 1 aromatic heterocycles. The van der Waals surface area contributed by atoms with E-state index in [-0.39, 0.29) is 11.9 Å². The summed E-state index contributed by atoms with van der Waals surface area (Å²) in [7, 11) is 1.63. The number of hydrogen-bond acceptors (Lipinski definition) is 6. The largest absolute Gasteiger partial charge is 0.378 e. The van der Waals surface area contributed by atoms with Gasteiger partial charge in [0.1, 0.15) is 23.8 Å². The monoisotopic (exact) mass is 332 g/mol. The van der Waals surface area contributed by atoms with E-state index in [9.17, 15) is 4.39 Å². The Morgan fingerprint density at radius 3 is 2.71 bits per heavy atom. The third-order valence-corrected chi connectivity index (χ3v) is 3.98. The maximum atomic E-state index is 13.0. The fraction of sp³-hybridized carbons (Fsp3) is 0.412. The number of benzene rings is 1. The summed E-state index contributed by atoms with van der Waals surface area (Å²) in [5.74, 6) is 1.36. The molecular weight excluding hydrogens is 311 g/mol. The van der Waals surface area contributed by atoms with Gasteiger partial charge >= 0.3 is 0 Å². The Hall–Kier alpha value is -2.25. The molecule has 1 aliphatic heterocycles. The molecule has 0 radical (unpaired) electrons. The molecule has 24 heavy (non-hydrogen) atoms. The third-order valence-electron chi connectivity index (χ3n) is 3.98. The number of anilines is 2. The SMILES string of the molecule is COC(CNc1cc(N2CCOCC2)ncn1)c1ccc(F)cc1. The standard InChI is InChI=1S/C17H21FN4O2/c1-23-15(13-2-4-14(18)5-3-13)11-19-16-10-17(21-12-20-16)22-6-8-24-9-7-22/h2-5,10,12,15H,6-9,11H2,1H3,(H,19,20,21). The Labute approximate surface area is 140 Å². The van der Waals surface area contributed by atoms with E-state index in [1.165, 1.54) is 12.1 Å². The van der Waals surface area contributed by atoms with Crippen molar-refractivity contribution in [3.8, 4) is 0 Å². The van der Waals surface area contributed by atoms with Crippen LogP contribution in [0.2, 0.25) is 0 Å². The second-order valence-electron chi connectivity index (χ2n) is 5.52. The van der Waals surface area contributed by atoms with Crippen molar-refractivity contribution in [3.05, 3.63) is 48.0 Å². The summed E-state index contributed by atoms with van der Waals surface area (Å²) in [6, 6.07) is 8.24. The summed E-state index contributed by atoms with van der Waals surface area (Å²) < 4.78 is 23.9. The fourth-order valence-corrected chi connectivity index (χ4v) is 2.62. The van der Waals surface area contributed by atoms with E-state index in [1.807, 2.05) is 6.07 Å². The van der Waals surface area contributed by atoms with Crippen LogP contribution in [0.3, 0.4) is 0 Å². The molecule has 1 aliphatic rings. The van der Waals surface area contributed by atoms with E-state index in [4.69, 9.17) is 9.47 Å². The normalized spacial score (nSPS) is 16.0. The summed E-state index contributed by atoms with van der Waals surface area (Å²) >= 11 is 0. The highest BCUT2D eigenvalue weighted by atomic mass is 19.1. The van der Waals surface area contributed by atoms with Crippen LogP contribution in [0.25, 0.3) is 0 Å². The molecule has 1 N–H and O–H groups in total. The van der Waals surface area contributed by atoms with Gasteiger partial charge < -0.3 is 19.7 Å². The van der Waals surface area contributed by atoms with Gasteiger partial charge in [0, 0.05) is 32.8 Å². The summed E-state index contributed by atoms with van der Waals surface area (Å²) in [6.45, 7) is 3.60. The topological polar surface area (TPSA) is 59.5 Å². The van der Waals surface area contributed by atoms with Crippen LogP contribution in [0.4, 0.5) is 16.0 Å². The van der Waals surface area contributed by atoms with Crippen LogP contribution in [0, 0.1) is 5.82 Å². The first-order valence-electron chi connectivity index (χ1n) is 7.93. The number of rotatable bonds is 6. The first-order chi connectivity index (χ1) is 11.8. The molecule has 1 atom stereocenters. The molecule has 0 aliphatic carbocycles. The van der Waals surface area contributed by atoms with Crippen molar-refractivity contribution in [2.75, 3.05) is 50.2 Å². The van der Waals surface area contributed by atoms with Crippen molar-refractivity contribution in [1.82, 2.24) is 9.97 Å². The second-order valence-corrected chi connectivity index (χ2v) is 5.52. The van der Waals surface area contributed by atoms with Crippen LogP contribution >= 0.6 is 0 Å². The van der Waals surface area contributed by atoms with Gasteiger partial charge in [0.25, 0.3) is 0 Å². The molecule has 1 saturated heterocycles. The van der Waals surface area contributed by atoms with Gasteiger partial charge in [0.15, 0.2) is 0 Å². The summed E-state index contributed by atoms with van der Waals surface area (Å²) in [5, 5.41) is 3.26. The van der Waals surface area contributed by atoms with Crippen molar-refractivity contribution in [1.29, 1.82) is 0 Å². The molecule has 0 spiro atoms. The van der Waals surface area contributed by atoms with Crippen molar-refractivity contribution >= 4 is 11.6 Å². The maximum absolute atomic E-state index is 13.0. The Morgan fingerprint density at radius 1 is 1.25 bits per heavy atom. The van der Waals surface area contributed by atoms with Gasteiger partial charge in [0.2, 0.25) is 0 Å². The predicted molar refractivity (Wildman–Crippen MR) is 89.7 cm³/mol. The smallest absolute Gasteiger partial charge is 0.134 e. The van der Waals surface area contributed by atoms with Gasteiger partial charge in [-0.1, -0.05) is 12.1 Å². The zero-order chi connectivity index (χ0) is 16.8. The van der Waals surface area contributed by atoms with Crippen molar-refractivity contribution in [2.24, 2.45) is 0 Å². The van der Waals surface area contributed by atoms with Gasteiger partial charge in [-0.2, -0.15) is 0 Å². The first kappa shape index (κ1) is 16.6. The lowest BCUT2D eigenvalue weighted by molar-refractivity contribution is 0.114.